The van der Waals surface area contributed by atoms with Gasteiger partial charge in [0.2, 0.25) is 0 Å². The Labute approximate surface area is 108 Å². The van der Waals surface area contributed by atoms with Gasteiger partial charge in [-0.3, -0.25) is 0 Å². The van der Waals surface area contributed by atoms with Crippen molar-refractivity contribution in [2.45, 2.75) is 20.3 Å². The molecule has 1 N–H and O–H groups in total. The van der Waals surface area contributed by atoms with Crippen LogP contribution in [0.15, 0.2) is 24.3 Å². The van der Waals surface area contributed by atoms with Gasteiger partial charge in [0.05, 0.1) is 31.8 Å². The molecule has 4 heteroatoms. The Bertz CT molecular complexity index is 378. The maximum Gasteiger partial charge on any atom is 0.338 e. The number of halogens is 1. The molecule has 0 unspecified atom stereocenters. The van der Waals surface area contributed by atoms with E-state index >= 15 is 0 Å². The Morgan fingerprint density at radius 3 is 2.67 bits per heavy atom. The van der Waals surface area contributed by atoms with Crippen molar-refractivity contribution in [2.75, 3.05) is 26.2 Å². The molecule has 0 heterocycles. The fourth-order valence-electron chi connectivity index (χ4n) is 1.79. The van der Waals surface area contributed by atoms with E-state index in [-0.39, 0.29) is 5.56 Å². The van der Waals surface area contributed by atoms with Gasteiger partial charge in [0.1, 0.15) is 5.82 Å². The van der Waals surface area contributed by atoms with Gasteiger partial charge in [-0.25, -0.2) is 9.18 Å². The van der Waals surface area contributed by atoms with Crippen molar-refractivity contribution < 1.29 is 18.8 Å². The fourth-order valence-corrected chi connectivity index (χ4v) is 1.79. The summed E-state index contributed by atoms with van der Waals surface area (Å²) in [5.41, 5.74) is 0.269. The van der Waals surface area contributed by atoms with E-state index in [1.165, 1.54) is 23.1 Å². The van der Waals surface area contributed by atoms with Gasteiger partial charge in [-0.2, -0.15) is 0 Å². The van der Waals surface area contributed by atoms with Crippen LogP contribution in [0.4, 0.5) is 4.39 Å². The molecule has 1 rings (SSSR count). The minimum atomic E-state index is -0.455. The summed E-state index contributed by atoms with van der Waals surface area (Å²) in [5, 5.41) is 0. The van der Waals surface area contributed by atoms with E-state index in [2.05, 4.69) is 13.8 Å². The summed E-state index contributed by atoms with van der Waals surface area (Å²) < 4.78 is 18.0. The number of carbonyl (C=O) groups excluding carboxylic acids is 1. The molecule has 0 fully saturated rings. The Balaban J connectivity index is 2.29. The Hall–Kier alpha value is -1.42. The van der Waals surface area contributed by atoms with Crippen molar-refractivity contribution in [2.24, 2.45) is 0 Å². The maximum absolute atomic E-state index is 12.9. The molecule has 0 saturated carbocycles. The number of hydrogen-bond donors (Lipinski definition) is 1. The Kier molecular flexibility index (Phi) is 6.36. The smallest absolute Gasteiger partial charge is 0.338 e. The van der Waals surface area contributed by atoms with Crippen LogP contribution in [0, 0.1) is 5.82 Å². The van der Waals surface area contributed by atoms with Gasteiger partial charge in [-0.15, -0.1) is 0 Å². The van der Waals surface area contributed by atoms with Gasteiger partial charge in [-0.05, 0) is 32.0 Å². The van der Waals surface area contributed by atoms with Gasteiger partial charge in [0, 0.05) is 6.42 Å². The van der Waals surface area contributed by atoms with E-state index in [4.69, 9.17) is 4.74 Å². The second-order valence-corrected chi connectivity index (χ2v) is 4.21. The summed E-state index contributed by atoms with van der Waals surface area (Å²) in [7, 11) is 0. The molecule has 0 aromatic heterocycles. The van der Waals surface area contributed by atoms with Gasteiger partial charge < -0.3 is 9.64 Å². The molecule has 18 heavy (non-hydrogen) atoms. The predicted octanol–water partition coefficient (Wildman–Crippen LogP) is 1.30. The predicted molar refractivity (Wildman–Crippen MR) is 68.2 cm³/mol. The van der Waals surface area contributed by atoms with Crippen LogP contribution >= 0.6 is 0 Å². The highest BCUT2D eigenvalue weighted by atomic mass is 19.1. The highest BCUT2D eigenvalue weighted by Gasteiger charge is 2.08. The third-order valence-electron chi connectivity index (χ3n) is 2.97. The van der Waals surface area contributed by atoms with E-state index < -0.39 is 11.8 Å². The monoisotopic (exact) mass is 254 g/mol. The van der Waals surface area contributed by atoms with E-state index in [1.54, 1.807) is 6.07 Å². The molecule has 1 aromatic carbocycles. The van der Waals surface area contributed by atoms with Crippen LogP contribution in [-0.2, 0) is 4.74 Å². The first-order valence-electron chi connectivity index (χ1n) is 6.43. The van der Waals surface area contributed by atoms with Crippen molar-refractivity contribution in [1.82, 2.24) is 0 Å². The molecule has 3 nitrogen and oxygen atoms in total. The normalized spacial score (nSPS) is 10.7. The largest absolute Gasteiger partial charge is 0.462 e. The quantitative estimate of drug-likeness (QED) is 0.587. The standard InChI is InChI=1S/C14H20FNO2/c1-3-16(4-2)9-6-10-18-14(17)12-7-5-8-13(15)11-12/h5,7-8,11H,3-4,6,9-10H2,1-2H3/p+1. The van der Waals surface area contributed by atoms with Crippen LogP contribution in [-0.4, -0.2) is 32.2 Å². The lowest BCUT2D eigenvalue weighted by Gasteiger charge is -2.14. The molecule has 0 radical (unpaired) electrons. The zero-order valence-electron chi connectivity index (χ0n) is 11.0. The molecule has 0 aliphatic carbocycles. The third kappa shape index (κ3) is 4.84. The lowest BCUT2D eigenvalue weighted by Crippen LogP contribution is -3.11. The number of nitrogens with one attached hydrogen (secondary N) is 1. The second kappa shape index (κ2) is 7.82. The first-order valence-corrected chi connectivity index (χ1v) is 6.43. The van der Waals surface area contributed by atoms with Crippen molar-refractivity contribution in [3.8, 4) is 0 Å². The molecule has 0 bridgehead atoms. The first kappa shape index (κ1) is 14.6. The molecule has 0 amide bonds. The van der Waals surface area contributed by atoms with E-state index in [1.807, 2.05) is 0 Å². The minimum Gasteiger partial charge on any atom is -0.462 e. The Morgan fingerprint density at radius 2 is 2.06 bits per heavy atom. The minimum absolute atomic E-state index is 0.269. The summed E-state index contributed by atoms with van der Waals surface area (Å²) in [4.78, 5) is 13.1. The summed E-state index contributed by atoms with van der Waals surface area (Å²) in [6.45, 7) is 7.81. The Morgan fingerprint density at radius 1 is 1.33 bits per heavy atom. The summed E-state index contributed by atoms with van der Waals surface area (Å²) in [6, 6.07) is 5.56. The second-order valence-electron chi connectivity index (χ2n) is 4.21. The molecule has 100 valence electrons. The zero-order chi connectivity index (χ0) is 13.4. The first-order chi connectivity index (χ1) is 8.67. The highest BCUT2D eigenvalue weighted by molar-refractivity contribution is 5.89. The number of carbonyl (C=O) groups is 1. The number of rotatable bonds is 7. The summed E-state index contributed by atoms with van der Waals surface area (Å²) >= 11 is 0. The van der Waals surface area contributed by atoms with Crippen LogP contribution in [0.5, 0.6) is 0 Å². The fraction of sp³-hybridized carbons (Fsp3) is 0.500. The van der Waals surface area contributed by atoms with Crippen LogP contribution in [0.25, 0.3) is 0 Å². The van der Waals surface area contributed by atoms with E-state index in [0.29, 0.717) is 6.61 Å². The molecule has 0 aliphatic heterocycles. The molecular weight excluding hydrogens is 233 g/mol. The number of esters is 1. The highest BCUT2D eigenvalue weighted by Crippen LogP contribution is 2.05. The van der Waals surface area contributed by atoms with Gasteiger partial charge in [-0.1, -0.05) is 6.07 Å². The lowest BCUT2D eigenvalue weighted by atomic mass is 10.2. The number of hydrogen-bond acceptors (Lipinski definition) is 2. The SMILES string of the molecule is CC[NH+](CC)CCCOC(=O)c1cccc(F)c1. The number of ether oxygens (including phenoxy) is 1. The van der Waals surface area contributed by atoms with Crippen molar-refractivity contribution in [3.05, 3.63) is 35.6 Å². The van der Waals surface area contributed by atoms with Gasteiger partial charge >= 0.3 is 5.97 Å². The van der Waals surface area contributed by atoms with Crippen molar-refractivity contribution >= 4 is 5.97 Å². The van der Waals surface area contributed by atoms with Crippen LogP contribution in [0.3, 0.4) is 0 Å². The molecule has 0 aliphatic rings. The molecule has 0 atom stereocenters. The van der Waals surface area contributed by atoms with Gasteiger partial charge in [0.25, 0.3) is 0 Å². The zero-order valence-corrected chi connectivity index (χ0v) is 11.0. The topological polar surface area (TPSA) is 30.7 Å². The molecule has 0 saturated heterocycles. The number of benzene rings is 1. The third-order valence-corrected chi connectivity index (χ3v) is 2.97. The van der Waals surface area contributed by atoms with Gasteiger partial charge in [0.15, 0.2) is 0 Å². The van der Waals surface area contributed by atoms with Crippen molar-refractivity contribution in [1.29, 1.82) is 0 Å². The van der Waals surface area contributed by atoms with Crippen molar-refractivity contribution in [3.63, 3.8) is 0 Å². The lowest BCUT2D eigenvalue weighted by molar-refractivity contribution is -0.896. The summed E-state index contributed by atoms with van der Waals surface area (Å²) in [5.74, 6) is -0.874. The molecule has 1 aromatic rings. The number of quaternary nitrogens is 1. The van der Waals surface area contributed by atoms with E-state index in [9.17, 15) is 9.18 Å². The average Bonchev–Trinajstić information content (AvgIpc) is 2.38. The molecular formula is C14H21FNO2+. The van der Waals surface area contributed by atoms with E-state index in [0.717, 1.165) is 26.1 Å². The molecule has 0 spiro atoms. The maximum atomic E-state index is 12.9. The summed E-state index contributed by atoms with van der Waals surface area (Å²) in [6.07, 6.45) is 0.831. The van der Waals surface area contributed by atoms with Crippen LogP contribution in [0.1, 0.15) is 30.6 Å². The van der Waals surface area contributed by atoms with Crippen LogP contribution in [0.2, 0.25) is 0 Å². The van der Waals surface area contributed by atoms with Crippen LogP contribution < -0.4 is 4.90 Å². The average molecular weight is 254 g/mol.